The average Bonchev–Trinajstić information content (AvgIpc) is 2.47. The Morgan fingerprint density at radius 3 is 2.30 bits per heavy atom. The van der Waals surface area contributed by atoms with E-state index in [4.69, 9.17) is 0 Å². The highest BCUT2D eigenvalue weighted by molar-refractivity contribution is 7.91. The molecule has 1 atom stereocenters. The molecule has 2 rings (SSSR count). The summed E-state index contributed by atoms with van der Waals surface area (Å²) in [5.41, 5.74) is 0.936. The fourth-order valence-corrected chi connectivity index (χ4v) is 2.42. The van der Waals surface area contributed by atoms with E-state index in [2.05, 4.69) is 14.4 Å². The van der Waals surface area contributed by atoms with Gasteiger partial charge in [0, 0.05) is 35.2 Å². The monoisotopic (exact) mass is 337 g/mol. The lowest BCUT2D eigenvalue weighted by molar-refractivity contribution is 0.561. The summed E-state index contributed by atoms with van der Waals surface area (Å²) in [5, 5.41) is 0. The van der Waals surface area contributed by atoms with Crippen molar-refractivity contribution in [1.82, 2.24) is 9.97 Å². The van der Waals surface area contributed by atoms with Gasteiger partial charge in [-0.25, -0.2) is 18.7 Å². The highest BCUT2D eigenvalue weighted by Crippen LogP contribution is 2.26. The Bertz CT molecular complexity index is 730. The third kappa shape index (κ3) is 4.11. The van der Waals surface area contributed by atoms with Crippen LogP contribution in [0.5, 0.6) is 0 Å². The highest BCUT2D eigenvalue weighted by atomic mass is 32.2. The van der Waals surface area contributed by atoms with E-state index in [1.54, 1.807) is 27.7 Å². The standard InChI is InChI=1S/C16H17F2N3OS/c1-10(21-23(22)16(2,3)4)12-5-13(15(18)6-14(12)17)11-7-19-9-20-8-11/h5-9H,1-4H3/b21-10+. The summed E-state index contributed by atoms with van der Waals surface area (Å²) >= 11 is -1.53. The van der Waals surface area contributed by atoms with Gasteiger partial charge in [-0.2, -0.15) is 0 Å². The van der Waals surface area contributed by atoms with E-state index >= 15 is 0 Å². The molecule has 1 heterocycles. The average molecular weight is 337 g/mol. The number of hydrogen-bond acceptors (Lipinski definition) is 4. The molecule has 122 valence electrons. The zero-order chi connectivity index (χ0) is 17.2. The van der Waals surface area contributed by atoms with Gasteiger partial charge in [-0.1, -0.05) is 4.40 Å². The fourth-order valence-electron chi connectivity index (χ4n) is 1.80. The Morgan fingerprint density at radius 2 is 1.74 bits per heavy atom. The van der Waals surface area contributed by atoms with Crippen LogP contribution in [0.1, 0.15) is 33.3 Å². The van der Waals surface area contributed by atoms with Gasteiger partial charge < -0.3 is 4.55 Å². The van der Waals surface area contributed by atoms with Crippen molar-refractivity contribution < 1.29 is 13.3 Å². The number of benzene rings is 1. The van der Waals surface area contributed by atoms with Crippen molar-refractivity contribution in [2.45, 2.75) is 32.4 Å². The second kappa shape index (κ2) is 6.72. The van der Waals surface area contributed by atoms with Crippen molar-refractivity contribution in [2.75, 3.05) is 0 Å². The summed E-state index contributed by atoms with van der Waals surface area (Å²) in [4.78, 5) is 7.66. The molecule has 0 aliphatic rings. The van der Waals surface area contributed by atoms with Gasteiger partial charge in [0.05, 0.1) is 5.71 Å². The topological polar surface area (TPSA) is 61.2 Å². The molecule has 0 saturated heterocycles. The van der Waals surface area contributed by atoms with Crippen LogP contribution >= 0.6 is 0 Å². The van der Waals surface area contributed by atoms with Crippen LogP contribution in [0.4, 0.5) is 8.78 Å². The van der Waals surface area contributed by atoms with Crippen LogP contribution in [-0.2, 0) is 11.4 Å². The van der Waals surface area contributed by atoms with E-state index in [0.29, 0.717) is 5.56 Å². The number of nitrogens with zero attached hydrogens (tertiary/aromatic N) is 3. The first-order chi connectivity index (χ1) is 10.7. The van der Waals surface area contributed by atoms with Crippen LogP contribution in [0, 0.1) is 11.6 Å². The smallest absolute Gasteiger partial charge is 0.144 e. The molecule has 0 spiro atoms. The van der Waals surface area contributed by atoms with Crippen molar-refractivity contribution in [3.8, 4) is 11.1 Å². The molecule has 0 bridgehead atoms. The van der Waals surface area contributed by atoms with Gasteiger partial charge in [0.2, 0.25) is 0 Å². The second-order valence-corrected chi connectivity index (χ2v) is 7.88. The second-order valence-electron chi connectivity index (χ2n) is 5.98. The van der Waals surface area contributed by atoms with E-state index < -0.39 is 27.7 Å². The minimum Gasteiger partial charge on any atom is -0.591 e. The first kappa shape index (κ1) is 17.5. The van der Waals surface area contributed by atoms with E-state index in [1.165, 1.54) is 24.8 Å². The zero-order valence-corrected chi connectivity index (χ0v) is 14.1. The lowest BCUT2D eigenvalue weighted by Gasteiger charge is -2.19. The van der Waals surface area contributed by atoms with Gasteiger partial charge in [0.25, 0.3) is 0 Å². The van der Waals surface area contributed by atoms with Crippen molar-refractivity contribution >= 4 is 17.1 Å². The SMILES string of the molecule is C/C(=N\[S+]([O-])C(C)(C)C)c1cc(-c2cncnc2)c(F)cc1F. The molecule has 0 aliphatic heterocycles. The largest absolute Gasteiger partial charge is 0.591 e. The molecule has 7 heteroatoms. The molecule has 0 saturated carbocycles. The normalized spacial score (nSPS) is 14.0. The molecule has 1 unspecified atom stereocenters. The van der Waals surface area contributed by atoms with Crippen LogP contribution in [0.3, 0.4) is 0 Å². The van der Waals surface area contributed by atoms with E-state index in [9.17, 15) is 13.3 Å². The number of aromatic nitrogens is 2. The van der Waals surface area contributed by atoms with Gasteiger partial charge >= 0.3 is 0 Å². The molecule has 2 aromatic rings. The maximum absolute atomic E-state index is 14.1. The van der Waals surface area contributed by atoms with Crippen LogP contribution < -0.4 is 0 Å². The van der Waals surface area contributed by atoms with Crippen molar-refractivity contribution in [3.05, 3.63) is 48.1 Å². The number of hydrogen-bond donors (Lipinski definition) is 0. The molecule has 0 radical (unpaired) electrons. The van der Waals surface area contributed by atoms with E-state index in [-0.39, 0.29) is 16.8 Å². The van der Waals surface area contributed by atoms with Crippen LogP contribution in [0.15, 0.2) is 35.3 Å². The molecule has 0 N–H and O–H groups in total. The Kier molecular flexibility index (Phi) is 5.11. The summed E-state index contributed by atoms with van der Waals surface area (Å²) in [7, 11) is 0. The highest BCUT2D eigenvalue weighted by Gasteiger charge is 2.27. The maximum atomic E-state index is 14.1. The maximum Gasteiger partial charge on any atom is 0.144 e. The van der Waals surface area contributed by atoms with E-state index in [1.807, 2.05) is 0 Å². The Balaban J connectivity index is 2.50. The fraction of sp³-hybridized carbons (Fsp3) is 0.312. The van der Waals surface area contributed by atoms with Crippen molar-refractivity contribution in [3.63, 3.8) is 0 Å². The van der Waals surface area contributed by atoms with Crippen molar-refractivity contribution in [2.24, 2.45) is 4.40 Å². The molecule has 0 amide bonds. The summed E-state index contributed by atoms with van der Waals surface area (Å²) in [6.07, 6.45) is 4.20. The lowest BCUT2D eigenvalue weighted by Crippen LogP contribution is -2.26. The minimum absolute atomic E-state index is 0.0999. The molecule has 0 aliphatic carbocycles. The summed E-state index contributed by atoms with van der Waals surface area (Å²) in [6, 6.07) is 2.12. The predicted molar refractivity (Wildman–Crippen MR) is 87.5 cm³/mol. The minimum atomic E-state index is -1.53. The molecule has 1 aromatic heterocycles. The number of halogens is 2. The van der Waals surface area contributed by atoms with Gasteiger partial charge in [0.15, 0.2) is 0 Å². The lowest BCUT2D eigenvalue weighted by atomic mass is 10.0. The van der Waals surface area contributed by atoms with Crippen LogP contribution in [-0.4, -0.2) is 25.0 Å². The first-order valence-corrected chi connectivity index (χ1v) is 8.03. The summed E-state index contributed by atoms with van der Waals surface area (Å²) < 4.78 is 43.7. The van der Waals surface area contributed by atoms with Crippen LogP contribution in [0.2, 0.25) is 0 Å². The van der Waals surface area contributed by atoms with Gasteiger partial charge in [0.1, 0.15) is 34.1 Å². The molecule has 4 nitrogen and oxygen atoms in total. The Hall–Kier alpha value is -1.86. The molecular formula is C16H17F2N3OS. The summed E-state index contributed by atoms with van der Waals surface area (Å²) in [6.45, 7) is 6.86. The van der Waals surface area contributed by atoms with Crippen molar-refractivity contribution in [1.29, 1.82) is 0 Å². The Morgan fingerprint density at radius 1 is 1.13 bits per heavy atom. The van der Waals surface area contributed by atoms with E-state index in [0.717, 1.165) is 6.07 Å². The van der Waals surface area contributed by atoms with Gasteiger partial charge in [-0.05, 0) is 33.8 Å². The van der Waals surface area contributed by atoms with Gasteiger partial charge in [-0.3, -0.25) is 0 Å². The third-order valence-electron chi connectivity index (χ3n) is 3.06. The first-order valence-electron chi connectivity index (χ1n) is 6.92. The molecule has 1 aromatic carbocycles. The van der Waals surface area contributed by atoms with Crippen LogP contribution in [0.25, 0.3) is 11.1 Å². The predicted octanol–water partition coefficient (Wildman–Crippen LogP) is 3.69. The molecule has 23 heavy (non-hydrogen) atoms. The van der Waals surface area contributed by atoms with Gasteiger partial charge in [-0.15, -0.1) is 0 Å². The zero-order valence-electron chi connectivity index (χ0n) is 13.3. The number of rotatable bonds is 3. The quantitative estimate of drug-likeness (QED) is 0.634. The Labute approximate surface area is 137 Å². The summed E-state index contributed by atoms with van der Waals surface area (Å²) in [5.74, 6) is -1.47. The third-order valence-corrected chi connectivity index (χ3v) is 4.55. The molecular weight excluding hydrogens is 320 g/mol. The molecule has 0 fully saturated rings.